The summed E-state index contributed by atoms with van der Waals surface area (Å²) in [5, 5.41) is 0. The molecule has 1 atom stereocenters. The normalized spacial score (nSPS) is 11.0. The van der Waals surface area contributed by atoms with Crippen molar-refractivity contribution < 1.29 is 4.74 Å². The van der Waals surface area contributed by atoms with Crippen molar-refractivity contribution in [2.45, 2.75) is 13.7 Å². The lowest BCUT2D eigenvalue weighted by Gasteiger charge is -2.04. The van der Waals surface area contributed by atoms with E-state index in [1.807, 2.05) is 11.5 Å². The molecule has 0 amide bonds. The van der Waals surface area contributed by atoms with E-state index in [-0.39, 0.29) is 0 Å². The van der Waals surface area contributed by atoms with Crippen LogP contribution in [0.1, 0.15) is 5.69 Å². The van der Waals surface area contributed by atoms with E-state index >= 15 is 0 Å². The summed E-state index contributed by atoms with van der Waals surface area (Å²) in [5.74, 6) is 0. The molecule has 0 aliphatic heterocycles. The number of nitrogens with zero attached hydrogens (tertiary/aromatic N) is 4. The molecule has 0 spiro atoms. The van der Waals surface area contributed by atoms with Crippen LogP contribution in [0.15, 0.2) is 12.7 Å². The van der Waals surface area contributed by atoms with Crippen LogP contribution in [-0.4, -0.2) is 25.9 Å². The number of aryl methyl sites for hydroxylation is 1. The summed E-state index contributed by atoms with van der Waals surface area (Å²) in [5.41, 5.74) is 2.57. The number of ether oxygens (including phenoxy) is 1. The third kappa shape index (κ3) is 1.61. The zero-order chi connectivity index (χ0) is 9.97. The van der Waals surface area contributed by atoms with Crippen molar-refractivity contribution in [3.05, 3.63) is 18.3 Å². The lowest BCUT2D eigenvalue weighted by molar-refractivity contribution is 0.120. The second-order valence-corrected chi connectivity index (χ2v) is 3.18. The molecule has 6 heteroatoms. The van der Waals surface area contributed by atoms with E-state index in [2.05, 4.69) is 24.2 Å². The fourth-order valence-corrected chi connectivity index (χ4v) is 1.42. The molecule has 0 saturated heterocycles. The Morgan fingerprint density at radius 2 is 2.29 bits per heavy atom. The van der Waals surface area contributed by atoms with Gasteiger partial charge in [0.2, 0.25) is 0 Å². The zero-order valence-corrected chi connectivity index (χ0v) is 9.00. The van der Waals surface area contributed by atoms with Crippen LogP contribution < -0.4 is 0 Å². The van der Waals surface area contributed by atoms with Crippen LogP contribution in [0.4, 0.5) is 0 Å². The first kappa shape index (κ1) is 9.49. The van der Waals surface area contributed by atoms with E-state index in [0.29, 0.717) is 18.7 Å². The number of aromatic nitrogens is 4. The number of hydrogen-bond donors (Lipinski definition) is 0. The maximum absolute atomic E-state index is 5.27. The topological polar surface area (TPSA) is 52.8 Å². The van der Waals surface area contributed by atoms with Crippen molar-refractivity contribution in [1.82, 2.24) is 19.5 Å². The Morgan fingerprint density at radius 1 is 1.43 bits per heavy atom. The molecule has 0 aliphatic rings. The summed E-state index contributed by atoms with van der Waals surface area (Å²) in [6, 6.07) is 0. The molecule has 0 fully saturated rings. The van der Waals surface area contributed by atoms with E-state index in [9.17, 15) is 0 Å². The minimum absolute atomic E-state index is 0.480. The molecule has 0 saturated carbocycles. The van der Waals surface area contributed by atoms with Gasteiger partial charge in [-0.25, -0.2) is 15.0 Å². The van der Waals surface area contributed by atoms with Crippen molar-refractivity contribution in [2.75, 3.05) is 6.35 Å². The number of rotatable bonds is 3. The van der Waals surface area contributed by atoms with Crippen LogP contribution in [-0.2, 0) is 11.5 Å². The van der Waals surface area contributed by atoms with Crippen LogP contribution >= 0.6 is 9.24 Å². The van der Waals surface area contributed by atoms with E-state index in [0.717, 1.165) is 11.2 Å². The highest BCUT2D eigenvalue weighted by molar-refractivity contribution is 7.16. The Labute approximate surface area is 83.7 Å². The van der Waals surface area contributed by atoms with Crippen molar-refractivity contribution in [1.29, 1.82) is 0 Å². The number of imidazole rings is 1. The molecule has 1 unspecified atom stereocenters. The predicted molar refractivity (Wildman–Crippen MR) is 55.7 cm³/mol. The third-order valence-corrected chi connectivity index (χ3v) is 2.18. The summed E-state index contributed by atoms with van der Waals surface area (Å²) < 4.78 is 7.17. The smallest absolute Gasteiger partial charge is 0.181 e. The molecule has 0 bridgehead atoms. The lowest BCUT2D eigenvalue weighted by Crippen LogP contribution is -2.01. The van der Waals surface area contributed by atoms with Crippen LogP contribution in [0.3, 0.4) is 0 Å². The summed E-state index contributed by atoms with van der Waals surface area (Å²) in [6.07, 6.45) is 3.84. The van der Waals surface area contributed by atoms with Gasteiger partial charge in [0.1, 0.15) is 18.6 Å². The van der Waals surface area contributed by atoms with E-state index < -0.39 is 0 Å². The first-order chi connectivity index (χ1) is 6.83. The molecule has 0 aliphatic carbocycles. The molecular weight excluding hydrogens is 199 g/mol. The summed E-state index contributed by atoms with van der Waals surface area (Å²) in [6.45, 7) is 2.41. The Balaban J connectivity index is 2.45. The zero-order valence-electron chi connectivity index (χ0n) is 7.84. The third-order valence-electron chi connectivity index (χ3n) is 1.94. The quantitative estimate of drug-likeness (QED) is 0.707. The van der Waals surface area contributed by atoms with Crippen LogP contribution in [0.25, 0.3) is 11.2 Å². The molecule has 0 radical (unpaired) electrons. The van der Waals surface area contributed by atoms with Crippen molar-refractivity contribution in [3.8, 4) is 0 Å². The second kappa shape index (κ2) is 3.98. The largest absolute Gasteiger partial charge is 0.357 e. The van der Waals surface area contributed by atoms with Crippen LogP contribution in [0, 0.1) is 6.92 Å². The monoisotopic (exact) mass is 210 g/mol. The predicted octanol–water partition coefficient (Wildman–Crippen LogP) is 0.941. The first-order valence-corrected chi connectivity index (χ1v) is 5.05. The fourth-order valence-electron chi connectivity index (χ4n) is 1.32. The van der Waals surface area contributed by atoms with Gasteiger partial charge in [0, 0.05) is 0 Å². The van der Waals surface area contributed by atoms with Crippen LogP contribution in [0.2, 0.25) is 0 Å². The van der Waals surface area contributed by atoms with Crippen molar-refractivity contribution in [3.63, 3.8) is 0 Å². The van der Waals surface area contributed by atoms with Crippen molar-refractivity contribution in [2.24, 2.45) is 0 Å². The molecule has 0 aromatic carbocycles. The molecule has 2 aromatic heterocycles. The van der Waals surface area contributed by atoms with E-state index in [4.69, 9.17) is 4.74 Å². The molecule has 14 heavy (non-hydrogen) atoms. The lowest BCUT2D eigenvalue weighted by atomic mass is 10.4. The molecule has 74 valence electrons. The minimum atomic E-state index is 0.480. The highest BCUT2D eigenvalue weighted by atomic mass is 31.0. The van der Waals surface area contributed by atoms with Gasteiger partial charge in [0.25, 0.3) is 0 Å². The summed E-state index contributed by atoms with van der Waals surface area (Å²) >= 11 is 0. The average Bonchev–Trinajstić information content (AvgIpc) is 2.59. The van der Waals surface area contributed by atoms with Gasteiger partial charge < -0.3 is 9.30 Å². The Morgan fingerprint density at radius 3 is 3.07 bits per heavy atom. The number of hydrogen-bond acceptors (Lipinski definition) is 4. The van der Waals surface area contributed by atoms with Gasteiger partial charge in [-0.1, -0.05) is 0 Å². The van der Waals surface area contributed by atoms with Gasteiger partial charge in [-0.05, 0) is 6.92 Å². The van der Waals surface area contributed by atoms with Gasteiger partial charge in [-0.3, -0.25) is 0 Å². The second-order valence-electron chi connectivity index (χ2n) is 2.85. The highest BCUT2D eigenvalue weighted by Gasteiger charge is 2.06. The summed E-state index contributed by atoms with van der Waals surface area (Å²) in [7, 11) is 2.51. The van der Waals surface area contributed by atoms with Gasteiger partial charge in [0.05, 0.1) is 18.4 Å². The van der Waals surface area contributed by atoms with Gasteiger partial charge in [0.15, 0.2) is 5.65 Å². The van der Waals surface area contributed by atoms with Crippen LogP contribution in [0.5, 0.6) is 0 Å². The standard InChI is InChI=1S/C8H11N4OP/c1-6-7-8(10-2-9-6)11-3-12(7)4-13-5-14/h2-3H,4-5,14H2,1H3. The molecule has 5 nitrogen and oxygen atoms in total. The van der Waals surface area contributed by atoms with E-state index in [1.54, 1.807) is 6.33 Å². The minimum Gasteiger partial charge on any atom is -0.357 e. The molecular formula is C8H11N4OP. The molecule has 2 heterocycles. The van der Waals surface area contributed by atoms with Gasteiger partial charge in [-0.2, -0.15) is 0 Å². The highest BCUT2D eigenvalue weighted by Crippen LogP contribution is 2.12. The SMILES string of the molecule is Cc1ncnc2ncn(COCP)c12. The fraction of sp³-hybridized carbons (Fsp3) is 0.375. The Kier molecular flexibility index (Phi) is 2.70. The van der Waals surface area contributed by atoms with Gasteiger partial charge in [-0.15, -0.1) is 9.24 Å². The molecule has 2 rings (SSSR count). The maximum atomic E-state index is 5.27. The van der Waals surface area contributed by atoms with Gasteiger partial charge >= 0.3 is 0 Å². The summed E-state index contributed by atoms with van der Waals surface area (Å²) in [4.78, 5) is 12.3. The number of fused-ring (bicyclic) bond motifs is 1. The molecule has 2 aromatic rings. The molecule has 0 N–H and O–H groups in total. The van der Waals surface area contributed by atoms with Crippen molar-refractivity contribution >= 4 is 20.4 Å². The average molecular weight is 210 g/mol. The Bertz CT molecular complexity index is 442. The first-order valence-electron chi connectivity index (χ1n) is 4.23. The maximum Gasteiger partial charge on any atom is 0.181 e. The Hall–Kier alpha value is -1.06. The van der Waals surface area contributed by atoms with E-state index in [1.165, 1.54) is 6.33 Å².